The van der Waals surface area contributed by atoms with E-state index in [9.17, 15) is 0 Å². The van der Waals surface area contributed by atoms with Gasteiger partial charge in [0, 0.05) is 24.7 Å². The highest BCUT2D eigenvalue weighted by Crippen LogP contribution is 2.25. The Bertz CT molecular complexity index is 556. The van der Waals surface area contributed by atoms with E-state index in [1.54, 1.807) is 6.33 Å². The summed E-state index contributed by atoms with van der Waals surface area (Å²) in [7, 11) is 2.03. The highest BCUT2D eigenvalue weighted by Gasteiger charge is 2.14. The molecule has 1 unspecified atom stereocenters. The molecule has 106 valence electrons. The molecule has 0 saturated carbocycles. The Balaban J connectivity index is 2.19. The molecular formula is C15H19ClN4. The van der Waals surface area contributed by atoms with Crippen molar-refractivity contribution in [3.8, 4) is 0 Å². The number of benzene rings is 1. The minimum Gasteiger partial charge on any atom is -0.370 e. The third kappa shape index (κ3) is 3.39. The summed E-state index contributed by atoms with van der Waals surface area (Å²) >= 11 is 5.93. The fourth-order valence-corrected chi connectivity index (χ4v) is 2.11. The van der Waals surface area contributed by atoms with E-state index in [0.29, 0.717) is 0 Å². The summed E-state index contributed by atoms with van der Waals surface area (Å²) in [6.07, 6.45) is 1.58. The predicted octanol–water partition coefficient (Wildman–Crippen LogP) is 3.76. The molecule has 0 aliphatic rings. The average molecular weight is 291 g/mol. The van der Waals surface area contributed by atoms with Gasteiger partial charge in [-0.2, -0.15) is 0 Å². The van der Waals surface area contributed by atoms with Crippen molar-refractivity contribution in [2.24, 2.45) is 0 Å². The summed E-state index contributed by atoms with van der Waals surface area (Å²) < 4.78 is 0. The molecule has 1 aromatic carbocycles. The van der Waals surface area contributed by atoms with Gasteiger partial charge in [-0.25, -0.2) is 9.97 Å². The summed E-state index contributed by atoms with van der Waals surface area (Å²) in [6.45, 7) is 5.02. The van der Waals surface area contributed by atoms with Crippen LogP contribution in [0.15, 0.2) is 36.7 Å². The van der Waals surface area contributed by atoms with Gasteiger partial charge >= 0.3 is 0 Å². The second-order valence-corrected chi connectivity index (χ2v) is 5.07. The minimum absolute atomic E-state index is 0.205. The maximum atomic E-state index is 5.93. The zero-order valence-corrected chi connectivity index (χ0v) is 12.7. The maximum absolute atomic E-state index is 5.93. The van der Waals surface area contributed by atoms with Gasteiger partial charge in [0.05, 0.1) is 6.04 Å². The number of rotatable bonds is 5. The van der Waals surface area contributed by atoms with E-state index in [-0.39, 0.29) is 6.04 Å². The second kappa shape index (κ2) is 6.57. The van der Waals surface area contributed by atoms with Gasteiger partial charge in [-0.05, 0) is 31.5 Å². The zero-order chi connectivity index (χ0) is 14.5. The predicted molar refractivity (Wildman–Crippen MR) is 84.5 cm³/mol. The fourth-order valence-electron chi connectivity index (χ4n) is 1.98. The molecule has 1 heterocycles. The molecule has 0 aliphatic carbocycles. The van der Waals surface area contributed by atoms with Crippen LogP contribution >= 0.6 is 11.6 Å². The van der Waals surface area contributed by atoms with Crippen molar-refractivity contribution >= 4 is 23.2 Å². The van der Waals surface area contributed by atoms with E-state index in [1.165, 1.54) is 5.56 Å². The molecule has 0 bridgehead atoms. The number of halogens is 1. The Labute approximate surface area is 124 Å². The number of aromatic nitrogens is 2. The van der Waals surface area contributed by atoms with E-state index < -0.39 is 0 Å². The first-order chi connectivity index (χ1) is 9.61. The van der Waals surface area contributed by atoms with Gasteiger partial charge in [0.2, 0.25) is 0 Å². The lowest BCUT2D eigenvalue weighted by molar-refractivity contribution is 0.727. The van der Waals surface area contributed by atoms with Crippen molar-refractivity contribution in [1.82, 2.24) is 9.97 Å². The van der Waals surface area contributed by atoms with Gasteiger partial charge in [-0.15, -0.1) is 0 Å². The molecule has 0 aliphatic heterocycles. The van der Waals surface area contributed by atoms with Gasteiger partial charge in [0.25, 0.3) is 0 Å². The number of nitrogens with zero attached hydrogens (tertiary/aromatic N) is 3. The van der Waals surface area contributed by atoms with E-state index in [1.807, 2.05) is 44.3 Å². The summed E-state index contributed by atoms with van der Waals surface area (Å²) in [5.74, 6) is 1.73. The Kier molecular flexibility index (Phi) is 4.79. The molecule has 1 aromatic heterocycles. The Morgan fingerprint density at radius 1 is 1.25 bits per heavy atom. The van der Waals surface area contributed by atoms with Crippen molar-refractivity contribution in [1.29, 1.82) is 0 Å². The summed E-state index contributed by atoms with van der Waals surface area (Å²) in [6, 6.07) is 10.1. The van der Waals surface area contributed by atoms with E-state index in [2.05, 4.69) is 27.1 Å². The van der Waals surface area contributed by atoms with Crippen molar-refractivity contribution < 1.29 is 0 Å². The molecule has 1 atom stereocenters. The van der Waals surface area contributed by atoms with Crippen LogP contribution in [0.2, 0.25) is 5.02 Å². The Morgan fingerprint density at radius 3 is 2.60 bits per heavy atom. The van der Waals surface area contributed by atoms with E-state index in [0.717, 1.165) is 23.2 Å². The lowest BCUT2D eigenvalue weighted by Gasteiger charge is -2.26. The lowest BCUT2D eigenvalue weighted by atomic mass is 10.1. The van der Waals surface area contributed by atoms with Crippen LogP contribution < -0.4 is 10.2 Å². The van der Waals surface area contributed by atoms with Crippen LogP contribution in [-0.4, -0.2) is 23.6 Å². The lowest BCUT2D eigenvalue weighted by Crippen LogP contribution is -2.22. The molecule has 5 heteroatoms. The highest BCUT2D eigenvalue weighted by molar-refractivity contribution is 6.30. The van der Waals surface area contributed by atoms with Crippen LogP contribution in [-0.2, 0) is 0 Å². The largest absolute Gasteiger partial charge is 0.370 e. The van der Waals surface area contributed by atoms with E-state index in [4.69, 9.17) is 11.6 Å². The first kappa shape index (κ1) is 14.6. The Hall–Kier alpha value is -1.81. The fraction of sp³-hybridized carbons (Fsp3) is 0.333. The van der Waals surface area contributed by atoms with Gasteiger partial charge in [0.15, 0.2) is 0 Å². The number of hydrogen-bond acceptors (Lipinski definition) is 4. The third-order valence-corrected chi connectivity index (χ3v) is 3.56. The van der Waals surface area contributed by atoms with Crippen LogP contribution in [0.5, 0.6) is 0 Å². The SMILES string of the molecule is CCNc1cc(N(C)C(C)c2ccc(Cl)cc2)ncn1. The van der Waals surface area contributed by atoms with Gasteiger partial charge in [-0.1, -0.05) is 23.7 Å². The molecule has 0 amide bonds. The van der Waals surface area contributed by atoms with Crippen LogP contribution in [0.4, 0.5) is 11.6 Å². The number of anilines is 2. The molecule has 2 aromatic rings. The molecule has 0 radical (unpaired) electrons. The average Bonchev–Trinajstić information content (AvgIpc) is 2.47. The van der Waals surface area contributed by atoms with Crippen molar-refractivity contribution in [3.63, 3.8) is 0 Å². The number of nitrogens with one attached hydrogen (secondary N) is 1. The smallest absolute Gasteiger partial charge is 0.134 e. The monoisotopic (exact) mass is 290 g/mol. The summed E-state index contributed by atoms with van der Waals surface area (Å²) in [5.41, 5.74) is 1.19. The van der Waals surface area contributed by atoms with Crippen molar-refractivity contribution in [3.05, 3.63) is 47.2 Å². The van der Waals surface area contributed by atoms with Gasteiger partial charge < -0.3 is 10.2 Å². The summed E-state index contributed by atoms with van der Waals surface area (Å²) in [5, 5.41) is 3.94. The second-order valence-electron chi connectivity index (χ2n) is 4.63. The molecule has 0 saturated heterocycles. The van der Waals surface area contributed by atoms with Crippen molar-refractivity contribution in [2.75, 3.05) is 23.8 Å². The van der Waals surface area contributed by atoms with Crippen molar-refractivity contribution in [2.45, 2.75) is 19.9 Å². The number of hydrogen-bond donors (Lipinski definition) is 1. The highest BCUT2D eigenvalue weighted by atomic mass is 35.5. The standard InChI is InChI=1S/C15H19ClN4/c1-4-17-14-9-15(19-10-18-14)20(3)11(2)12-5-7-13(16)8-6-12/h5-11H,4H2,1-3H3,(H,17,18,19). The molecule has 20 heavy (non-hydrogen) atoms. The topological polar surface area (TPSA) is 41.0 Å². The first-order valence-electron chi connectivity index (χ1n) is 6.66. The molecule has 0 fully saturated rings. The zero-order valence-electron chi connectivity index (χ0n) is 12.0. The molecular weight excluding hydrogens is 272 g/mol. The van der Waals surface area contributed by atoms with Crippen LogP contribution in [0.25, 0.3) is 0 Å². The molecule has 1 N–H and O–H groups in total. The van der Waals surface area contributed by atoms with Crippen LogP contribution in [0, 0.1) is 0 Å². The molecule has 0 spiro atoms. The quantitative estimate of drug-likeness (QED) is 0.910. The normalized spacial score (nSPS) is 12.0. The van der Waals surface area contributed by atoms with Crippen LogP contribution in [0.3, 0.4) is 0 Å². The summed E-state index contributed by atoms with van der Waals surface area (Å²) in [4.78, 5) is 10.6. The van der Waals surface area contributed by atoms with Crippen LogP contribution in [0.1, 0.15) is 25.5 Å². The van der Waals surface area contributed by atoms with E-state index >= 15 is 0 Å². The third-order valence-electron chi connectivity index (χ3n) is 3.31. The molecule has 2 rings (SSSR count). The first-order valence-corrected chi connectivity index (χ1v) is 7.03. The maximum Gasteiger partial charge on any atom is 0.134 e. The van der Waals surface area contributed by atoms with Gasteiger partial charge in [-0.3, -0.25) is 0 Å². The Morgan fingerprint density at radius 2 is 1.95 bits per heavy atom. The minimum atomic E-state index is 0.205. The molecule has 4 nitrogen and oxygen atoms in total. The van der Waals surface area contributed by atoms with Gasteiger partial charge in [0.1, 0.15) is 18.0 Å².